The normalized spacial score (nSPS) is 22.1. The molecule has 10 nitrogen and oxygen atoms in total. The summed E-state index contributed by atoms with van der Waals surface area (Å²) in [5, 5.41) is 11.6. The lowest BCUT2D eigenvalue weighted by Gasteiger charge is -2.30. The van der Waals surface area contributed by atoms with Gasteiger partial charge in [-0.25, -0.2) is 4.79 Å². The minimum Gasteiger partial charge on any atom is -0.496 e. The van der Waals surface area contributed by atoms with Gasteiger partial charge in [0.05, 0.1) is 18.1 Å². The van der Waals surface area contributed by atoms with Crippen LogP contribution < -0.4 is 0 Å². The third-order valence-electron chi connectivity index (χ3n) is 4.34. The summed E-state index contributed by atoms with van der Waals surface area (Å²) in [6.45, 7) is 0. The second-order valence-electron chi connectivity index (χ2n) is 5.87. The lowest BCUT2D eigenvalue weighted by molar-refractivity contribution is -0.621. The lowest BCUT2D eigenvalue weighted by atomic mass is 9.95. The molecule has 0 saturated heterocycles. The molecule has 0 amide bonds. The van der Waals surface area contributed by atoms with Crippen LogP contribution in [0, 0.1) is 10.1 Å². The number of benzene rings is 1. The molecule has 1 aromatic rings. The maximum atomic E-state index is 12.7. The molecule has 0 saturated carbocycles. The summed E-state index contributed by atoms with van der Waals surface area (Å²) in [6, 6.07) is 8.14. The van der Waals surface area contributed by atoms with Crippen LogP contribution in [-0.4, -0.2) is 63.2 Å². The van der Waals surface area contributed by atoms with Gasteiger partial charge in [-0.2, -0.15) is 0 Å². The number of esters is 1. The van der Waals surface area contributed by atoms with Crippen molar-refractivity contribution in [1.29, 1.82) is 0 Å². The van der Waals surface area contributed by atoms with Gasteiger partial charge in [0.15, 0.2) is 6.10 Å². The maximum absolute atomic E-state index is 12.7. The van der Waals surface area contributed by atoms with E-state index in [4.69, 9.17) is 23.7 Å². The predicted octanol–water partition coefficient (Wildman–Crippen LogP) is 1.49. The van der Waals surface area contributed by atoms with Crippen LogP contribution in [0.1, 0.15) is 10.4 Å². The molecular formula is C19H21NO9. The molecule has 1 aliphatic carbocycles. The highest BCUT2D eigenvalue weighted by Crippen LogP contribution is 2.33. The van der Waals surface area contributed by atoms with E-state index >= 15 is 0 Å². The van der Waals surface area contributed by atoms with Crippen LogP contribution in [0.3, 0.4) is 0 Å². The van der Waals surface area contributed by atoms with Crippen molar-refractivity contribution in [2.45, 2.75) is 18.1 Å². The smallest absolute Gasteiger partial charge is 0.377 e. The summed E-state index contributed by atoms with van der Waals surface area (Å²) < 4.78 is 25.5. The van der Waals surface area contributed by atoms with Gasteiger partial charge in [-0.1, -0.05) is 30.3 Å². The van der Waals surface area contributed by atoms with E-state index in [1.807, 2.05) is 0 Å². The summed E-state index contributed by atoms with van der Waals surface area (Å²) in [6.07, 6.45) is -0.615. The second kappa shape index (κ2) is 9.41. The first-order valence-electron chi connectivity index (χ1n) is 8.39. The molecule has 0 bridgehead atoms. The first-order chi connectivity index (χ1) is 13.8. The van der Waals surface area contributed by atoms with Crippen LogP contribution in [0.2, 0.25) is 0 Å². The molecule has 0 aliphatic heterocycles. The van der Waals surface area contributed by atoms with Crippen molar-refractivity contribution in [2.24, 2.45) is 0 Å². The minimum atomic E-state index is -2.09. The molecule has 1 aliphatic rings. The number of hydrogen-bond acceptors (Lipinski definition) is 9. The van der Waals surface area contributed by atoms with Gasteiger partial charge in [0.2, 0.25) is 5.78 Å². The quantitative estimate of drug-likeness (QED) is 0.197. The minimum absolute atomic E-state index is 0.163. The highest BCUT2D eigenvalue weighted by molar-refractivity contribution is 6.01. The fourth-order valence-corrected chi connectivity index (χ4v) is 2.79. The van der Waals surface area contributed by atoms with E-state index in [2.05, 4.69) is 0 Å². The third-order valence-corrected chi connectivity index (χ3v) is 4.34. The predicted molar refractivity (Wildman–Crippen MR) is 98.4 cm³/mol. The molecule has 0 N–H and O–H groups in total. The molecule has 0 heterocycles. The van der Waals surface area contributed by atoms with Gasteiger partial charge in [-0.05, 0) is 6.08 Å². The molecule has 0 aromatic heterocycles. The number of nitrogens with zero attached hydrogens (tertiary/aromatic N) is 1. The molecule has 1 aromatic carbocycles. The SMILES string of the molecule is COC1=CC(OC)([N+](=O)[O-])C(OC)C=C1C(=O)OC(OC)C(=O)c1ccccc1. The zero-order chi connectivity index (χ0) is 21.6. The Morgan fingerprint density at radius 2 is 1.79 bits per heavy atom. The zero-order valence-corrected chi connectivity index (χ0v) is 16.3. The highest BCUT2D eigenvalue weighted by Gasteiger charge is 2.53. The molecule has 0 fully saturated rings. The van der Waals surface area contributed by atoms with Crippen molar-refractivity contribution >= 4 is 11.8 Å². The Bertz CT molecular complexity index is 833. The molecule has 3 unspecified atom stereocenters. The van der Waals surface area contributed by atoms with Crippen LogP contribution in [0.5, 0.6) is 0 Å². The van der Waals surface area contributed by atoms with Crippen molar-refractivity contribution in [3.63, 3.8) is 0 Å². The van der Waals surface area contributed by atoms with Crippen molar-refractivity contribution < 1.29 is 38.2 Å². The highest BCUT2D eigenvalue weighted by atomic mass is 16.7. The number of Topliss-reactive ketones (excluding diaryl/α,β-unsaturated/α-hetero) is 1. The summed E-state index contributed by atoms with van der Waals surface area (Å²) in [7, 11) is 4.80. The van der Waals surface area contributed by atoms with Gasteiger partial charge < -0.3 is 23.7 Å². The number of carbonyl (C=O) groups excluding carboxylic acids is 2. The van der Waals surface area contributed by atoms with Crippen molar-refractivity contribution in [1.82, 2.24) is 0 Å². The van der Waals surface area contributed by atoms with Crippen molar-refractivity contribution in [3.05, 3.63) is 69.5 Å². The number of ketones is 1. The third kappa shape index (κ3) is 4.34. The van der Waals surface area contributed by atoms with Gasteiger partial charge in [-0.15, -0.1) is 0 Å². The number of methoxy groups -OCH3 is 4. The topological polar surface area (TPSA) is 123 Å². The van der Waals surface area contributed by atoms with Gasteiger partial charge in [0.25, 0.3) is 6.29 Å². The summed E-state index contributed by atoms with van der Waals surface area (Å²) >= 11 is 0. The van der Waals surface area contributed by atoms with Crippen molar-refractivity contribution in [3.8, 4) is 0 Å². The van der Waals surface area contributed by atoms with Gasteiger partial charge in [0.1, 0.15) is 11.3 Å². The molecular weight excluding hydrogens is 386 g/mol. The largest absolute Gasteiger partial charge is 0.496 e. The van der Waals surface area contributed by atoms with E-state index in [-0.39, 0.29) is 16.9 Å². The standard InChI is InChI=1S/C19H21NO9/c1-25-14-11-19(28-4,20(23)24)15(26-2)10-13(14)17(22)29-18(27-3)16(21)12-8-6-5-7-9-12/h5-11,15,18H,1-4H3. The fraction of sp³-hybridized carbons (Fsp3) is 0.368. The summed E-state index contributed by atoms with van der Waals surface area (Å²) in [5.74, 6) is -1.71. The van der Waals surface area contributed by atoms with Crippen LogP contribution in [0.25, 0.3) is 0 Å². The average molecular weight is 407 g/mol. The van der Waals surface area contributed by atoms with Crippen LogP contribution in [0.4, 0.5) is 0 Å². The van der Waals surface area contributed by atoms with E-state index in [0.717, 1.165) is 19.3 Å². The van der Waals surface area contributed by atoms with Gasteiger partial charge in [-0.3, -0.25) is 14.9 Å². The molecule has 156 valence electrons. The number of carbonyl (C=O) groups is 2. The number of hydrogen-bond donors (Lipinski definition) is 0. The Labute approximate surface area is 166 Å². The van der Waals surface area contributed by atoms with Crippen LogP contribution >= 0.6 is 0 Å². The first-order valence-corrected chi connectivity index (χ1v) is 8.39. The van der Waals surface area contributed by atoms with E-state index in [1.54, 1.807) is 30.3 Å². The zero-order valence-electron chi connectivity index (χ0n) is 16.3. The Morgan fingerprint density at radius 3 is 2.28 bits per heavy atom. The Morgan fingerprint density at radius 1 is 1.14 bits per heavy atom. The molecule has 2 rings (SSSR count). The molecule has 0 spiro atoms. The summed E-state index contributed by atoms with van der Waals surface area (Å²) in [5.41, 5.74) is -1.98. The van der Waals surface area contributed by atoms with Crippen LogP contribution in [-0.2, 0) is 28.5 Å². The maximum Gasteiger partial charge on any atom is 0.377 e. The average Bonchev–Trinajstić information content (AvgIpc) is 2.75. The molecule has 3 atom stereocenters. The van der Waals surface area contributed by atoms with E-state index < -0.39 is 34.8 Å². The Hall–Kier alpha value is -3.08. The van der Waals surface area contributed by atoms with Crippen LogP contribution in [0.15, 0.2) is 53.8 Å². The summed E-state index contributed by atoms with van der Waals surface area (Å²) in [4.78, 5) is 36.1. The Kier molecular flexibility index (Phi) is 7.21. The van der Waals surface area contributed by atoms with Gasteiger partial charge in [0, 0.05) is 26.9 Å². The number of ether oxygens (including phenoxy) is 5. The number of rotatable bonds is 9. The molecule has 10 heteroatoms. The monoisotopic (exact) mass is 407 g/mol. The lowest BCUT2D eigenvalue weighted by Crippen LogP contribution is -2.52. The fourth-order valence-electron chi connectivity index (χ4n) is 2.79. The van der Waals surface area contributed by atoms with E-state index in [9.17, 15) is 19.7 Å². The number of nitro groups is 1. The van der Waals surface area contributed by atoms with E-state index in [1.165, 1.54) is 21.3 Å². The Balaban J connectivity index is 2.32. The second-order valence-corrected chi connectivity index (χ2v) is 5.87. The molecule has 0 radical (unpaired) electrons. The first kappa shape index (κ1) is 22.2. The molecule has 29 heavy (non-hydrogen) atoms. The van der Waals surface area contributed by atoms with Crippen molar-refractivity contribution in [2.75, 3.05) is 28.4 Å². The van der Waals surface area contributed by atoms with E-state index in [0.29, 0.717) is 0 Å². The van der Waals surface area contributed by atoms with Gasteiger partial charge >= 0.3 is 11.7 Å².